The van der Waals surface area contributed by atoms with Gasteiger partial charge in [-0.2, -0.15) is 0 Å². The minimum atomic E-state index is -0.699. The molecule has 2 N–H and O–H groups in total. The lowest BCUT2D eigenvalue weighted by Gasteiger charge is -2.12. The molecule has 10 heteroatoms. The number of ether oxygens (including phenoxy) is 1. The second-order valence-corrected chi connectivity index (χ2v) is 8.05. The zero-order valence-corrected chi connectivity index (χ0v) is 19.3. The molecular weight excluding hydrogens is 464 g/mol. The van der Waals surface area contributed by atoms with Gasteiger partial charge in [0.2, 0.25) is 5.91 Å². The molecule has 1 aliphatic heterocycles. The molecule has 0 saturated carbocycles. The molecule has 0 unspecified atom stereocenters. The lowest BCUT2D eigenvalue weighted by atomic mass is 10.1. The molecule has 10 nitrogen and oxygen atoms in total. The first kappa shape index (κ1) is 24.1. The van der Waals surface area contributed by atoms with E-state index in [2.05, 4.69) is 10.6 Å². The molecule has 0 bridgehead atoms. The van der Waals surface area contributed by atoms with Crippen LogP contribution >= 0.6 is 0 Å². The third-order valence-electron chi connectivity index (χ3n) is 5.33. The third kappa shape index (κ3) is 5.73. The van der Waals surface area contributed by atoms with E-state index in [0.717, 1.165) is 16.0 Å². The summed E-state index contributed by atoms with van der Waals surface area (Å²) in [6.45, 7) is 1.59. The second-order valence-electron chi connectivity index (χ2n) is 8.05. The zero-order chi connectivity index (χ0) is 25.7. The summed E-state index contributed by atoms with van der Waals surface area (Å²) in [6.07, 6.45) is 1.48. The third-order valence-corrected chi connectivity index (χ3v) is 5.33. The summed E-state index contributed by atoms with van der Waals surface area (Å²) in [5, 5.41) is 16.0. The number of non-ortho nitro benzene ring substituents is 1. The van der Waals surface area contributed by atoms with Crippen LogP contribution in [0.2, 0.25) is 0 Å². The smallest absolute Gasteiger partial charge is 0.329 e. The fraction of sp³-hybridized carbons (Fsp3) is 0.115. The van der Waals surface area contributed by atoms with Crippen LogP contribution in [-0.4, -0.2) is 34.2 Å². The Labute approximate surface area is 206 Å². The van der Waals surface area contributed by atoms with Gasteiger partial charge in [0.05, 0.1) is 4.92 Å². The molecule has 0 atom stereocenters. The molecular formula is C26H22N4O6. The van der Waals surface area contributed by atoms with Crippen LogP contribution in [0.15, 0.2) is 78.5 Å². The van der Waals surface area contributed by atoms with Crippen molar-refractivity contribution in [1.29, 1.82) is 0 Å². The van der Waals surface area contributed by atoms with Crippen LogP contribution in [0.4, 0.5) is 16.2 Å². The first-order valence-electron chi connectivity index (χ1n) is 11.0. The molecule has 182 valence electrons. The normalized spacial score (nSPS) is 14.0. The van der Waals surface area contributed by atoms with E-state index < -0.39 is 29.3 Å². The molecule has 0 spiro atoms. The Balaban J connectivity index is 1.43. The zero-order valence-electron chi connectivity index (χ0n) is 19.3. The number of hydrogen-bond donors (Lipinski definition) is 2. The van der Waals surface area contributed by atoms with E-state index in [0.29, 0.717) is 17.0 Å². The summed E-state index contributed by atoms with van der Waals surface area (Å²) in [6, 6.07) is 19.4. The molecule has 1 saturated heterocycles. The van der Waals surface area contributed by atoms with Gasteiger partial charge in [-0.1, -0.05) is 30.3 Å². The van der Waals surface area contributed by atoms with Crippen LogP contribution < -0.4 is 15.4 Å². The van der Waals surface area contributed by atoms with Crippen LogP contribution in [0.1, 0.15) is 16.7 Å². The summed E-state index contributed by atoms with van der Waals surface area (Å²) in [7, 11) is 0. The number of nitrogens with zero attached hydrogens (tertiary/aromatic N) is 2. The summed E-state index contributed by atoms with van der Waals surface area (Å²) in [4.78, 5) is 48.8. The number of carbonyl (C=O) groups is 3. The monoisotopic (exact) mass is 486 g/mol. The molecule has 36 heavy (non-hydrogen) atoms. The minimum Gasteiger partial charge on any atom is -0.488 e. The number of aryl methyl sites for hydroxylation is 1. The van der Waals surface area contributed by atoms with Crippen LogP contribution in [-0.2, 0) is 16.2 Å². The van der Waals surface area contributed by atoms with Gasteiger partial charge in [-0.3, -0.25) is 19.7 Å². The second kappa shape index (κ2) is 10.5. The Morgan fingerprint density at radius 1 is 1.08 bits per heavy atom. The number of rotatable bonds is 8. The average molecular weight is 486 g/mol. The van der Waals surface area contributed by atoms with Gasteiger partial charge < -0.3 is 15.4 Å². The quantitative estimate of drug-likeness (QED) is 0.214. The Bertz CT molecular complexity index is 1370. The molecule has 3 aromatic carbocycles. The first-order chi connectivity index (χ1) is 17.3. The molecule has 1 fully saturated rings. The van der Waals surface area contributed by atoms with Crippen LogP contribution in [0.3, 0.4) is 0 Å². The number of nitro groups is 1. The molecule has 1 heterocycles. The molecule has 4 amide bonds. The van der Waals surface area contributed by atoms with Crippen molar-refractivity contribution in [3.05, 3.63) is 105 Å². The number of urea groups is 1. The minimum absolute atomic E-state index is 0.00902. The number of para-hydroxylation sites is 1. The van der Waals surface area contributed by atoms with E-state index in [1.54, 1.807) is 54.6 Å². The van der Waals surface area contributed by atoms with E-state index in [1.165, 1.54) is 18.2 Å². The number of anilines is 1. The largest absolute Gasteiger partial charge is 0.488 e. The van der Waals surface area contributed by atoms with Gasteiger partial charge >= 0.3 is 6.03 Å². The lowest BCUT2D eigenvalue weighted by molar-refractivity contribution is -0.384. The number of benzene rings is 3. The Hall–Kier alpha value is -4.99. The van der Waals surface area contributed by atoms with Gasteiger partial charge in [-0.05, 0) is 54.5 Å². The molecule has 0 radical (unpaired) electrons. The number of hydrogen-bond acceptors (Lipinski definition) is 6. The van der Waals surface area contributed by atoms with E-state index in [9.17, 15) is 24.5 Å². The van der Waals surface area contributed by atoms with E-state index in [-0.39, 0.29) is 18.0 Å². The van der Waals surface area contributed by atoms with Gasteiger partial charge in [0, 0.05) is 23.4 Å². The molecule has 4 rings (SSSR count). The SMILES string of the molecule is Cc1cccc(NC(=O)CN2C(=O)N/C(=C/c3ccccc3OCc3ccc([N+](=O)[O-])cc3)C2=O)c1. The number of imide groups is 1. The number of nitro benzene ring substituents is 1. The summed E-state index contributed by atoms with van der Waals surface area (Å²) in [5.74, 6) is -0.692. The highest BCUT2D eigenvalue weighted by molar-refractivity contribution is 6.16. The van der Waals surface area contributed by atoms with E-state index in [1.807, 2.05) is 13.0 Å². The number of amides is 4. The van der Waals surface area contributed by atoms with Crippen molar-refractivity contribution >= 4 is 35.3 Å². The van der Waals surface area contributed by atoms with Crippen LogP contribution in [0, 0.1) is 17.0 Å². The van der Waals surface area contributed by atoms with E-state index in [4.69, 9.17) is 4.74 Å². The maximum Gasteiger partial charge on any atom is 0.329 e. The molecule has 1 aliphatic rings. The first-order valence-corrected chi connectivity index (χ1v) is 11.0. The lowest BCUT2D eigenvalue weighted by Crippen LogP contribution is -2.38. The van der Waals surface area contributed by atoms with E-state index >= 15 is 0 Å². The highest BCUT2D eigenvalue weighted by atomic mass is 16.6. The van der Waals surface area contributed by atoms with Gasteiger partial charge in [-0.15, -0.1) is 0 Å². The highest BCUT2D eigenvalue weighted by Gasteiger charge is 2.35. The van der Waals surface area contributed by atoms with Crippen molar-refractivity contribution < 1.29 is 24.0 Å². The predicted octanol–water partition coefficient (Wildman–Crippen LogP) is 4.01. The van der Waals surface area contributed by atoms with Gasteiger partial charge in [-0.25, -0.2) is 9.69 Å². The molecule has 0 aliphatic carbocycles. The molecule has 3 aromatic rings. The average Bonchev–Trinajstić information content (AvgIpc) is 3.11. The van der Waals surface area contributed by atoms with Crippen molar-refractivity contribution in [2.24, 2.45) is 0 Å². The van der Waals surface area contributed by atoms with Gasteiger partial charge in [0.1, 0.15) is 24.6 Å². The summed E-state index contributed by atoms with van der Waals surface area (Å²) < 4.78 is 5.85. The predicted molar refractivity (Wildman–Crippen MR) is 132 cm³/mol. The maximum absolute atomic E-state index is 12.8. The maximum atomic E-state index is 12.8. The van der Waals surface area contributed by atoms with Gasteiger partial charge in [0.25, 0.3) is 11.6 Å². The topological polar surface area (TPSA) is 131 Å². The number of nitrogens with one attached hydrogen (secondary N) is 2. The fourth-order valence-electron chi connectivity index (χ4n) is 3.54. The van der Waals surface area contributed by atoms with Crippen molar-refractivity contribution in [2.75, 3.05) is 11.9 Å². The Morgan fingerprint density at radius 3 is 2.56 bits per heavy atom. The summed E-state index contributed by atoms with van der Waals surface area (Å²) in [5.41, 5.74) is 2.78. The van der Waals surface area contributed by atoms with Crippen molar-refractivity contribution in [3.63, 3.8) is 0 Å². The van der Waals surface area contributed by atoms with Crippen LogP contribution in [0.25, 0.3) is 6.08 Å². The number of carbonyl (C=O) groups excluding carboxylic acids is 3. The van der Waals surface area contributed by atoms with Crippen molar-refractivity contribution in [1.82, 2.24) is 10.2 Å². The van der Waals surface area contributed by atoms with Crippen LogP contribution in [0.5, 0.6) is 5.75 Å². The standard InChI is InChI=1S/C26H22N4O6/c1-17-5-4-7-20(13-17)27-24(31)15-29-25(32)22(28-26(29)33)14-19-6-2-3-8-23(19)36-16-18-9-11-21(12-10-18)30(34)35/h2-14H,15-16H2,1H3,(H,27,31)(H,28,33)/b22-14+. The highest BCUT2D eigenvalue weighted by Crippen LogP contribution is 2.24. The Morgan fingerprint density at radius 2 is 1.83 bits per heavy atom. The van der Waals surface area contributed by atoms with Crippen molar-refractivity contribution in [3.8, 4) is 5.75 Å². The van der Waals surface area contributed by atoms with Gasteiger partial charge in [0.15, 0.2) is 0 Å². The Kier molecular flexibility index (Phi) is 7.05. The molecule has 0 aromatic heterocycles. The fourth-order valence-corrected chi connectivity index (χ4v) is 3.54. The summed E-state index contributed by atoms with van der Waals surface area (Å²) >= 11 is 0. The van der Waals surface area contributed by atoms with Crippen molar-refractivity contribution in [2.45, 2.75) is 13.5 Å².